The molecular weight excluding hydrogens is 258 g/mol. The first kappa shape index (κ1) is 14.3. The Hall–Kier alpha value is -2.11. The monoisotopic (exact) mass is 277 g/mol. The first-order valence-electron chi connectivity index (χ1n) is 6.82. The van der Waals surface area contributed by atoms with Crippen molar-refractivity contribution in [1.82, 2.24) is 9.88 Å². The Morgan fingerprint density at radius 3 is 2.70 bits per heavy atom. The summed E-state index contributed by atoms with van der Waals surface area (Å²) < 4.78 is 0. The molecule has 6 heteroatoms. The van der Waals surface area contributed by atoms with Gasteiger partial charge >= 0.3 is 5.97 Å². The number of piperidine rings is 1. The standard InChI is InChI=1S/C14H19N3O3/c1-10(13(18)17-7-3-2-4-8-17)16-12-5-6-15-9-11(12)14(19)20/h5-6,9-10H,2-4,7-8H2,1H3,(H,15,16)(H,19,20). The van der Waals surface area contributed by atoms with Crippen LogP contribution < -0.4 is 5.32 Å². The summed E-state index contributed by atoms with van der Waals surface area (Å²) in [5, 5.41) is 12.1. The number of aromatic carboxylic acids is 1. The molecule has 1 aliphatic rings. The number of likely N-dealkylation sites (tertiary alicyclic amines) is 1. The van der Waals surface area contributed by atoms with Gasteiger partial charge in [-0.25, -0.2) is 4.79 Å². The van der Waals surface area contributed by atoms with Crippen LogP contribution in [0, 0.1) is 0 Å². The van der Waals surface area contributed by atoms with Crippen LogP contribution in [0.15, 0.2) is 18.5 Å². The molecule has 108 valence electrons. The number of carbonyl (C=O) groups is 2. The first-order chi connectivity index (χ1) is 9.59. The van der Waals surface area contributed by atoms with E-state index in [2.05, 4.69) is 10.3 Å². The number of carboxylic acid groups (broad SMARTS) is 1. The molecule has 0 bridgehead atoms. The van der Waals surface area contributed by atoms with Crippen LogP contribution in [-0.4, -0.2) is 46.0 Å². The van der Waals surface area contributed by atoms with Crippen molar-refractivity contribution in [3.63, 3.8) is 0 Å². The van der Waals surface area contributed by atoms with Crippen molar-refractivity contribution in [2.45, 2.75) is 32.2 Å². The second-order valence-corrected chi connectivity index (χ2v) is 4.98. The highest BCUT2D eigenvalue weighted by atomic mass is 16.4. The van der Waals surface area contributed by atoms with E-state index in [0.717, 1.165) is 25.9 Å². The Balaban J connectivity index is 2.05. The van der Waals surface area contributed by atoms with Crippen molar-refractivity contribution < 1.29 is 14.7 Å². The molecule has 1 amide bonds. The van der Waals surface area contributed by atoms with E-state index in [0.29, 0.717) is 5.69 Å². The molecule has 2 heterocycles. The van der Waals surface area contributed by atoms with Crippen LogP contribution in [0.25, 0.3) is 0 Å². The highest BCUT2D eigenvalue weighted by Gasteiger charge is 2.23. The van der Waals surface area contributed by atoms with Gasteiger partial charge in [0.15, 0.2) is 0 Å². The number of hydrogen-bond acceptors (Lipinski definition) is 4. The predicted octanol–water partition coefficient (Wildman–Crippen LogP) is 1.59. The molecule has 0 aromatic carbocycles. The lowest BCUT2D eigenvalue weighted by atomic mass is 10.1. The molecule has 0 spiro atoms. The Morgan fingerprint density at radius 1 is 1.35 bits per heavy atom. The molecule has 0 aliphatic carbocycles. The number of carbonyl (C=O) groups excluding carboxylic acids is 1. The fourth-order valence-corrected chi connectivity index (χ4v) is 2.37. The number of pyridine rings is 1. The number of carboxylic acids is 1. The maximum atomic E-state index is 12.3. The van der Waals surface area contributed by atoms with Gasteiger partial charge in [-0.15, -0.1) is 0 Å². The average Bonchev–Trinajstić information content (AvgIpc) is 2.47. The lowest BCUT2D eigenvalue weighted by molar-refractivity contribution is -0.132. The smallest absolute Gasteiger partial charge is 0.339 e. The van der Waals surface area contributed by atoms with E-state index in [9.17, 15) is 9.59 Å². The maximum absolute atomic E-state index is 12.3. The van der Waals surface area contributed by atoms with Gasteiger partial charge in [-0.05, 0) is 32.3 Å². The third kappa shape index (κ3) is 3.26. The molecule has 1 aromatic rings. The highest BCUT2D eigenvalue weighted by molar-refractivity contribution is 5.95. The highest BCUT2D eigenvalue weighted by Crippen LogP contribution is 2.16. The van der Waals surface area contributed by atoms with Crippen molar-refractivity contribution >= 4 is 17.6 Å². The van der Waals surface area contributed by atoms with Gasteiger partial charge in [0.05, 0.1) is 5.69 Å². The normalized spacial score (nSPS) is 16.6. The fourth-order valence-electron chi connectivity index (χ4n) is 2.37. The van der Waals surface area contributed by atoms with Gasteiger partial charge in [0.2, 0.25) is 5.91 Å². The number of hydrogen-bond donors (Lipinski definition) is 2. The van der Waals surface area contributed by atoms with E-state index in [1.54, 1.807) is 13.0 Å². The lowest BCUT2D eigenvalue weighted by Crippen LogP contribution is -2.44. The maximum Gasteiger partial charge on any atom is 0.339 e. The topological polar surface area (TPSA) is 82.5 Å². The number of nitrogens with one attached hydrogen (secondary N) is 1. The predicted molar refractivity (Wildman–Crippen MR) is 74.7 cm³/mol. The number of aromatic nitrogens is 1. The van der Waals surface area contributed by atoms with E-state index in [1.165, 1.54) is 18.8 Å². The Labute approximate surface area is 117 Å². The van der Waals surface area contributed by atoms with Crippen LogP contribution in [0.4, 0.5) is 5.69 Å². The van der Waals surface area contributed by atoms with Gasteiger partial charge in [-0.3, -0.25) is 9.78 Å². The molecule has 0 saturated carbocycles. The number of nitrogens with zero attached hydrogens (tertiary/aromatic N) is 2. The number of anilines is 1. The minimum absolute atomic E-state index is 0.0119. The number of rotatable bonds is 4. The summed E-state index contributed by atoms with van der Waals surface area (Å²) in [6.07, 6.45) is 6.02. The van der Waals surface area contributed by atoms with Gasteiger partial charge in [0, 0.05) is 25.5 Å². The molecule has 0 radical (unpaired) electrons. The Bertz CT molecular complexity index is 498. The minimum atomic E-state index is -1.06. The zero-order valence-corrected chi connectivity index (χ0v) is 11.5. The van der Waals surface area contributed by atoms with Gasteiger partial charge in [0.1, 0.15) is 11.6 Å². The summed E-state index contributed by atoms with van der Waals surface area (Å²) in [5.74, 6) is -1.05. The third-order valence-electron chi connectivity index (χ3n) is 3.46. The summed E-state index contributed by atoms with van der Waals surface area (Å²) in [4.78, 5) is 29.0. The summed E-state index contributed by atoms with van der Waals surface area (Å²) >= 11 is 0. The second kappa shape index (κ2) is 6.36. The molecule has 1 aliphatic heterocycles. The molecule has 1 aromatic heterocycles. The number of amides is 1. The van der Waals surface area contributed by atoms with Gasteiger partial charge < -0.3 is 15.3 Å². The summed E-state index contributed by atoms with van der Waals surface area (Å²) in [6.45, 7) is 3.32. The summed E-state index contributed by atoms with van der Waals surface area (Å²) in [5.41, 5.74) is 0.496. The van der Waals surface area contributed by atoms with Crippen LogP contribution in [0.2, 0.25) is 0 Å². The van der Waals surface area contributed by atoms with E-state index < -0.39 is 12.0 Å². The van der Waals surface area contributed by atoms with Crippen LogP contribution >= 0.6 is 0 Å². The van der Waals surface area contributed by atoms with Gasteiger partial charge in [-0.1, -0.05) is 0 Å². The summed E-state index contributed by atoms with van der Waals surface area (Å²) in [7, 11) is 0. The molecule has 1 unspecified atom stereocenters. The van der Waals surface area contributed by atoms with E-state index in [-0.39, 0.29) is 11.5 Å². The SMILES string of the molecule is CC(Nc1ccncc1C(=O)O)C(=O)N1CCCCC1. The molecule has 1 fully saturated rings. The quantitative estimate of drug-likeness (QED) is 0.873. The van der Waals surface area contributed by atoms with Crippen molar-refractivity contribution in [3.8, 4) is 0 Å². The zero-order valence-electron chi connectivity index (χ0n) is 11.5. The molecule has 2 N–H and O–H groups in total. The van der Waals surface area contributed by atoms with E-state index >= 15 is 0 Å². The molecule has 1 atom stereocenters. The molecule has 6 nitrogen and oxygen atoms in total. The van der Waals surface area contributed by atoms with E-state index in [4.69, 9.17) is 5.11 Å². The van der Waals surface area contributed by atoms with Crippen molar-refractivity contribution in [2.24, 2.45) is 0 Å². The van der Waals surface area contributed by atoms with E-state index in [1.807, 2.05) is 4.90 Å². The van der Waals surface area contributed by atoms with Gasteiger partial charge in [0.25, 0.3) is 0 Å². The largest absolute Gasteiger partial charge is 0.478 e. The van der Waals surface area contributed by atoms with Crippen LogP contribution in [0.1, 0.15) is 36.5 Å². The minimum Gasteiger partial charge on any atom is -0.478 e. The third-order valence-corrected chi connectivity index (χ3v) is 3.46. The lowest BCUT2D eigenvalue weighted by Gasteiger charge is -2.29. The molecule has 2 rings (SSSR count). The zero-order chi connectivity index (χ0) is 14.5. The molecule has 1 saturated heterocycles. The van der Waals surface area contributed by atoms with Crippen LogP contribution in [-0.2, 0) is 4.79 Å². The Kier molecular flexibility index (Phi) is 4.55. The second-order valence-electron chi connectivity index (χ2n) is 4.98. The average molecular weight is 277 g/mol. The van der Waals surface area contributed by atoms with Crippen molar-refractivity contribution in [1.29, 1.82) is 0 Å². The van der Waals surface area contributed by atoms with Crippen LogP contribution in [0.5, 0.6) is 0 Å². The molecular formula is C14H19N3O3. The van der Waals surface area contributed by atoms with Crippen molar-refractivity contribution in [2.75, 3.05) is 18.4 Å². The fraction of sp³-hybridized carbons (Fsp3) is 0.500. The Morgan fingerprint density at radius 2 is 2.05 bits per heavy atom. The van der Waals surface area contributed by atoms with Crippen LogP contribution in [0.3, 0.4) is 0 Å². The van der Waals surface area contributed by atoms with Gasteiger partial charge in [-0.2, -0.15) is 0 Å². The summed E-state index contributed by atoms with van der Waals surface area (Å²) in [6, 6.07) is 1.12. The van der Waals surface area contributed by atoms with Crippen molar-refractivity contribution in [3.05, 3.63) is 24.0 Å². The first-order valence-corrected chi connectivity index (χ1v) is 6.82. The molecule has 20 heavy (non-hydrogen) atoms.